The molecule has 3 N–H and O–H groups in total. The van der Waals surface area contributed by atoms with E-state index in [9.17, 15) is 4.79 Å². The summed E-state index contributed by atoms with van der Waals surface area (Å²) in [6, 6.07) is 0. The molecule has 0 aliphatic heterocycles. The lowest BCUT2D eigenvalue weighted by Crippen LogP contribution is -2.43. The van der Waals surface area contributed by atoms with Crippen molar-refractivity contribution >= 4 is 30.7 Å². The van der Waals surface area contributed by atoms with E-state index in [0.29, 0.717) is 6.54 Å². The molecule has 0 atom stereocenters. The van der Waals surface area contributed by atoms with Gasteiger partial charge in [0.1, 0.15) is 0 Å². The Kier molecular flexibility index (Phi) is 11.0. The van der Waals surface area contributed by atoms with Crippen molar-refractivity contribution in [3.8, 4) is 0 Å². The van der Waals surface area contributed by atoms with E-state index in [4.69, 9.17) is 10.5 Å². The van der Waals surface area contributed by atoms with Crippen molar-refractivity contribution in [1.82, 2.24) is 10.2 Å². The van der Waals surface area contributed by atoms with E-state index in [2.05, 4.69) is 10.2 Å². The zero-order chi connectivity index (χ0) is 12.0. The van der Waals surface area contributed by atoms with Gasteiger partial charge in [0.25, 0.3) is 0 Å². The Morgan fingerprint density at radius 3 is 2.50 bits per heavy atom. The molecule has 1 aliphatic carbocycles. The number of halogens is 2. The van der Waals surface area contributed by atoms with Crippen LogP contribution in [0.15, 0.2) is 0 Å². The molecule has 1 fully saturated rings. The van der Waals surface area contributed by atoms with Crippen LogP contribution < -0.4 is 11.1 Å². The Hall–Kier alpha value is -0.0700. The number of methoxy groups -OCH3 is 1. The molecular formula is C11H25Cl2N3O2. The number of likely N-dealkylation sites (N-methyl/N-ethyl adjacent to an activating group) is 1. The molecule has 0 spiro atoms. The molecular weight excluding hydrogens is 277 g/mol. The van der Waals surface area contributed by atoms with Gasteiger partial charge in [0.2, 0.25) is 5.91 Å². The highest BCUT2D eigenvalue weighted by Crippen LogP contribution is 2.31. The highest BCUT2D eigenvalue weighted by Gasteiger charge is 2.45. The van der Waals surface area contributed by atoms with Crippen molar-refractivity contribution in [3.63, 3.8) is 0 Å². The average molecular weight is 302 g/mol. The van der Waals surface area contributed by atoms with Gasteiger partial charge in [-0.1, -0.05) is 0 Å². The van der Waals surface area contributed by atoms with E-state index >= 15 is 0 Å². The number of carbonyl (C=O) groups excluding carboxylic acids is 1. The third-order valence-corrected chi connectivity index (χ3v) is 2.92. The maximum absolute atomic E-state index is 11.5. The van der Waals surface area contributed by atoms with Crippen LogP contribution >= 0.6 is 24.8 Å². The lowest BCUT2D eigenvalue weighted by molar-refractivity contribution is -0.123. The predicted molar refractivity (Wildman–Crippen MR) is 77.6 cm³/mol. The van der Waals surface area contributed by atoms with Crippen LogP contribution in [0.25, 0.3) is 0 Å². The number of ether oxygens (including phenoxy) is 1. The number of nitrogens with two attached hydrogens (primary N) is 1. The molecule has 110 valence electrons. The standard InChI is InChI=1S/C11H23N3O2.2ClH/c1-14(8-9-16-2)7-3-6-13-10(15)11(12)4-5-11;;/h3-9,12H2,1-2H3,(H,13,15);2*1H. The van der Waals surface area contributed by atoms with Gasteiger partial charge in [0.15, 0.2) is 0 Å². The van der Waals surface area contributed by atoms with Gasteiger partial charge < -0.3 is 20.7 Å². The molecule has 0 aromatic heterocycles. The van der Waals surface area contributed by atoms with E-state index < -0.39 is 5.54 Å². The largest absolute Gasteiger partial charge is 0.383 e. The summed E-state index contributed by atoms with van der Waals surface area (Å²) < 4.78 is 4.98. The summed E-state index contributed by atoms with van der Waals surface area (Å²) in [4.78, 5) is 13.7. The minimum atomic E-state index is -0.540. The van der Waals surface area contributed by atoms with Crippen LogP contribution in [0.1, 0.15) is 19.3 Å². The van der Waals surface area contributed by atoms with Crippen LogP contribution in [0, 0.1) is 0 Å². The number of hydrogen-bond acceptors (Lipinski definition) is 4. The number of nitrogens with zero attached hydrogens (tertiary/aromatic N) is 1. The maximum atomic E-state index is 11.5. The van der Waals surface area contributed by atoms with Crippen molar-refractivity contribution in [2.75, 3.05) is 40.4 Å². The highest BCUT2D eigenvalue weighted by atomic mass is 35.5. The summed E-state index contributed by atoms with van der Waals surface area (Å²) in [6.07, 6.45) is 2.60. The summed E-state index contributed by atoms with van der Waals surface area (Å²) in [7, 11) is 3.75. The molecule has 0 aromatic carbocycles. The molecule has 1 amide bonds. The molecule has 1 aliphatic rings. The molecule has 0 saturated heterocycles. The Morgan fingerprint density at radius 1 is 1.39 bits per heavy atom. The molecule has 1 rings (SSSR count). The monoisotopic (exact) mass is 301 g/mol. The first-order valence-corrected chi connectivity index (χ1v) is 5.83. The fourth-order valence-corrected chi connectivity index (χ4v) is 1.45. The van der Waals surface area contributed by atoms with E-state index in [0.717, 1.165) is 39.0 Å². The maximum Gasteiger partial charge on any atom is 0.240 e. The highest BCUT2D eigenvalue weighted by molar-refractivity contribution is 5.88. The summed E-state index contributed by atoms with van der Waals surface area (Å²) in [5.41, 5.74) is 5.22. The summed E-state index contributed by atoms with van der Waals surface area (Å²) in [5, 5.41) is 2.87. The van der Waals surface area contributed by atoms with Crippen molar-refractivity contribution in [3.05, 3.63) is 0 Å². The smallest absolute Gasteiger partial charge is 0.240 e. The van der Waals surface area contributed by atoms with E-state index in [1.54, 1.807) is 7.11 Å². The third-order valence-electron chi connectivity index (χ3n) is 2.92. The first-order chi connectivity index (χ1) is 7.58. The Morgan fingerprint density at radius 2 is 2.00 bits per heavy atom. The second-order valence-corrected chi connectivity index (χ2v) is 4.56. The van der Waals surface area contributed by atoms with E-state index in [1.165, 1.54) is 0 Å². The number of hydrogen-bond donors (Lipinski definition) is 2. The molecule has 0 unspecified atom stereocenters. The second-order valence-electron chi connectivity index (χ2n) is 4.56. The molecule has 0 radical (unpaired) electrons. The minimum Gasteiger partial charge on any atom is -0.383 e. The molecule has 1 saturated carbocycles. The van der Waals surface area contributed by atoms with Gasteiger partial charge in [-0.05, 0) is 32.9 Å². The van der Waals surface area contributed by atoms with Gasteiger partial charge in [0, 0.05) is 20.2 Å². The molecule has 0 aromatic rings. The van der Waals surface area contributed by atoms with Crippen molar-refractivity contribution in [2.45, 2.75) is 24.8 Å². The predicted octanol–water partition coefficient (Wildman–Crippen LogP) is 0.406. The molecule has 5 nitrogen and oxygen atoms in total. The van der Waals surface area contributed by atoms with Crippen molar-refractivity contribution < 1.29 is 9.53 Å². The van der Waals surface area contributed by atoms with Crippen LogP contribution in [0.5, 0.6) is 0 Å². The van der Waals surface area contributed by atoms with Gasteiger partial charge >= 0.3 is 0 Å². The van der Waals surface area contributed by atoms with Crippen LogP contribution in [-0.4, -0.2) is 56.7 Å². The zero-order valence-electron chi connectivity index (χ0n) is 11.1. The third kappa shape index (κ3) is 7.38. The Bertz CT molecular complexity index is 238. The van der Waals surface area contributed by atoms with E-state index in [-0.39, 0.29) is 30.7 Å². The lowest BCUT2D eigenvalue weighted by Gasteiger charge is -2.16. The van der Waals surface area contributed by atoms with Crippen LogP contribution in [0.2, 0.25) is 0 Å². The SMILES string of the molecule is COCCN(C)CCCNC(=O)C1(N)CC1.Cl.Cl. The van der Waals surface area contributed by atoms with Gasteiger partial charge in [-0.15, -0.1) is 24.8 Å². The molecule has 18 heavy (non-hydrogen) atoms. The molecule has 0 heterocycles. The van der Waals surface area contributed by atoms with E-state index in [1.807, 2.05) is 7.05 Å². The van der Waals surface area contributed by atoms with Gasteiger partial charge in [0.05, 0.1) is 12.1 Å². The number of amides is 1. The summed E-state index contributed by atoms with van der Waals surface area (Å²) in [6.45, 7) is 3.33. The van der Waals surface area contributed by atoms with Crippen molar-refractivity contribution in [1.29, 1.82) is 0 Å². The van der Waals surface area contributed by atoms with Crippen LogP contribution in [0.3, 0.4) is 0 Å². The quantitative estimate of drug-likeness (QED) is 0.637. The minimum absolute atomic E-state index is 0. The topological polar surface area (TPSA) is 67.6 Å². The van der Waals surface area contributed by atoms with Gasteiger partial charge in [-0.25, -0.2) is 0 Å². The Labute approximate surface area is 122 Å². The number of nitrogens with one attached hydrogen (secondary N) is 1. The van der Waals surface area contributed by atoms with Gasteiger partial charge in [-0.2, -0.15) is 0 Å². The fraction of sp³-hybridized carbons (Fsp3) is 0.909. The normalized spacial score (nSPS) is 15.6. The number of carbonyl (C=O) groups is 1. The summed E-state index contributed by atoms with van der Waals surface area (Å²) in [5.74, 6) is 0.00652. The van der Waals surface area contributed by atoms with Crippen LogP contribution in [0.4, 0.5) is 0 Å². The molecule has 7 heteroatoms. The zero-order valence-corrected chi connectivity index (χ0v) is 12.7. The Balaban J connectivity index is 0. The first kappa shape index (κ1) is 20.3. The van der Waals surface area contributed by atoms with Crippen LogP contribution in [-0.2, 0) is 9.53 Å². The second kappa shape index (κ2) is 9.81. The average Bonchev–Trinajstić information content (AvgIpc) is 3.01. The first-order valence-electron chi connectivity index (χ1n) is 5.83. The lowest BCUT2D eigenvalue weighted by atomic mass is 10.2. The van der Waals surface area contributed by atoms with Crippen molar-refractivity contribution in [2.24, 2.45) is 5.73 Å². The molecule has 0 bridgehead atoms. The summed E-state index contributed by atoms with van der Waals surface area (Å²) >= 11 is 0. The fourth-order valence-electron chi connectivity index (χ4n) is 1.45. The number of rotatable bonds is 8. The van der Waals surface area contributed by atoms with Gasteiger partial charge in [-0.3, -0.25) is 4.79 Å².